The third-order valence-corrected chi connectivity index (χ3v) is 3.81. The van der Waals surface area contributed by atoms with Crippen molar-refractivity contribution < 1.29 is 19.4 Å². The van der Waals surface area contributed by atoms with E-state index in [1.807, 2.05) is 13.0 Å². The van der Waals surface area contributed by atoms with Gasteiger partial charge in [-0.05, 0) is 37.3 Å². The molecule has 0 spiro atoms. The maximum absolute atomic E-state index is 12.4. The summed E-state index contributed by atoms with van der Waals surface area (Å²) in [6.45, 7) is 2.37. The number of hydrogen-bond acceptors (Lipinski definition) is 5. The molecule has 0 bridgehead atoms. The number of carbonyl (C=O) groups excluding carboxylic acids is 1. The van der Waals surface area contributed by atoms with E-state index in [-0.39, 0.29) is 22.6 Å². The Morgan fingerprint density at radius 2 is 2.15 bits per heavy atom. The maximum Gasteiger partial charge on any atom is 0.266 e. The third-order valence-electron chi connectivity index (χ3n) is 3.36. The highest BCUT2D eigenvalue weighted by atomic mass is 79.9. The molecule has 2 aromatic rings. The lowest BCUT2D eigenvalue weighted by Gasteiger charge is -2.09. The van der Waals surface area contributed by atoms with Crippen molar-refractivity contribution in [2.24, 2.45) is 0 Å². The highest BCUT2D eigenvalue weighted by Crippen LogP contribution is 2.35. The molecule has 2 N–H and O–H groups in total. The van der Waals surface area contributed by atoms with Crippen LogP contribution < -0.4 is 14.8 Å². The average Bonchev–Trinajstić information content (AvgIpc) is 2.62. The molecule has 134 valence electrons. The Bertz CT molecular complexity index is 888. The summed E-state index contributed by atoms with van der Waals surface area (Å²) >= 11 is 3.30. The van der Waals surface area contributed by atoms with Gasteiger partial charge < -0.3 is 19.9 Å². The molecule has 0 aliphatic heterocycles. The summed E-state index contributed by atoms with van der Waals surface area (Å²) in [4.78, 5) is 12.4. The highest BCUT2D eigenvalue weighted by Gasteiger charge is 2.14. The van der Waals surface area contributed by atoms with E-state index in [9.17, 15) is 15.2 Å². The number of anilines is 1. The summed E-state index contributed by atoms with van der Waals surface area (Å²) in [7, 11) is 1.41. The number of ether oxygens (including phenoxy) is 2. The van der Waals surface area contributed by atoms with Crippen LogP contribution in [0.25, 0.3) is 6.08 Å². The van der Waals surface area contributed by atoms with Gasteiger partial charge in [-0.2, -0.15) is 5.26 Å². The SMILES string of the molecule is CCOc1cccc(NC(=O)/C(C#N)=C/c2cc(Br)cc(OC)c2O)c1. The number of carbonyl (C=O) groups is 1. The maximum atomic E-state index is 12.4. The summed E-state index contributed by atoms with van der Waals surface area (Å²) in [5, 5.41) is 22.1. The van der Waals surface area contributed by atoms with E-state index in [2.05, 4.69) is 21.2 Å². The number of aromatic hydroxyl groups is 1. The predicted molar refractivity (Wildman–Crippen MR) is 102 cm³/mol. The van der Waals surface area contributed by atoms with E-state index in [0.717, 1.165) is 0 Å². The number of nitrogens with zero attached hydrogens (tertiary/aromatic N) is 1. The minimum Gasteiger partial charge on any atom is -0.504 e. The van der Waals surface area contributed by atoms with Crippen molar-refractivity contribution in [2.45, 2.75) is 6.92 Å². The van der Waals surface area contributed by atoms with Gasteiger partial charge in [0.25, 0.3) is 5.91 Å². The Kier molecular flexibility index (Phi) is 6.64. The molecule has 0 saturated heterocycles. The lowest BCUT2D eigenvalue weighted by atomic mass is 10.1. The fraction of sp³-hybridized carbons (Fsp3) is 0.158. The fourth-order valence-corrected chi connectivity index (χ4v) is 2.65. The molecule has 1 amide bonds. The van der Waals surface area contributed by atoms with E-state index in [4.69, 9.17) is 9.47 Å². The quantitative estimate of drug-likeness (QED) is 0.545. The van der Waals surface area contributed by atoms with Crippen molar-refractivity contribution in [3.63, 3.8) is 0 Å². The average molecular weight is 417 g/mol. The van der Waals surface area contributed by atoms with Gasteiger partial charge in [-0.25, -0.2) is 0 Å². The number of nitriles is 1. The molecule has 0 heterocycles. The molecule has 2 aromatic carbocycles. The number of hydrogen-bond donors (Lipinski definition) is 2. The Balaban J connectivity index is 2.30. The standard InChI is InChI=1S/C19H17BrN2O4/c1-3-26-16-6-4-5-15(10-16)22-19(24)13(11-21)7-12-8-14(20)9-17(25-2)18(12)23/h4-10,23H,3H2,1-2H3,(H,22,24)/b13-7+. The summed E-state index contributed by atoms with van der Waals surface area (Å²) in [5.41, 5.74) is 0.617. The zero-order chi connectivity index (χ0) is 19.1. The first-order valence-electron chi connectivity index (χ1n) is 7.71. The van der Waals surface area contributed by atoms with Crippen LogP contribution in [0, 0.1) is 11.3 Å². The molecule has 2 rings (SSSR count). The topological polar surface area (TPSA) is 91.6 Å². The van der Waals surface area contributed by atoms with E-state index >= 15 is 0 Å². The third kappa shape index (κ3) is 4.77. The molecule has 0 radical (unpaired) electrons. The molecule has 0 unspecified atom stereocenters. The normalized spacial score (nSPS) is 10.8. The van der Waals surface area contributed by atoms with Gasteiger partial charge in [0.05, 0.1) is 13.7 Å². The number of nitrogens with one attached hydrogen (secondary N) is 1. The fourth-order valence-electron chi connectivity index (χ4n) is 2.19. The van der Waals surface area contributed by atoms with Crippen LogP contribution >= 0.6 is 15.9 Å². The molecular formula is C19H17BrN2O4. The van der Waals surface area contributed by atoms with Gasteiger partial charge in [0, 0.05) is 21.8 Å². The molecule has 0 aliphatic carbocycles. The monoisotopic (exact) mass is 416 g/mol. The molecule has 0 saturated carbocycles. The first kappa shape index (κ1) is 19.3. The largest absolute Gasteiger partial charge is 0.504 e. The van der Waals surface area contributed by atoms with Crippen molar-refractivity contribution in [2.75, 3.05) is 19.0 Å². The minimum atomic E-state index is -0.598. The van der Waals surface area contributed by atoms with Gasteiger partial charge in [-0.3, -0.25) is 4.79 Å². The zero-order valence-electron chi connectivity index (χ0n) is 14.2. The van der Waals surface area contributed by atoms with E-state index < -0.39 is 5.91 Å². The number of halogens is 1. The first-order valence-corrected chi connectivity index (χ1v) is 8.50. The van der Waals surface area contributed by atoms with Crippen LogP contribution in [0.4, 0.5) is 5.69 Å². The summed E-state index contributed by atoms with van der Waals surface area (Å²) < 4.78 is 11.1. The summed E-state index contributed by atoms with van der Waals surface area (Å²) in [6, 6.07) is 11.9. The highest BCUT2D eigenvalue weighted by molar-refractivity contribution is 9.10. The molecular weight excluding hydrogens is 400 g/mol. The van der Waals surface area contributed by atoms with Crippen LogP contribution in [0.15, 0.2) is 46.4 Å². The van der Waals surface area contributed by atoms with Gasteiger partial charge in [0.1, 0.15) is 17.4 Å². The Hall–Kier alpha value is -2.98. The van der Waals surface area contributed by atoms with Gasteiger partial charge in [-0.1, -0.05) is 22.0 Å². The number of methoxy groups -OCH3 is 1. The van der Waals surface area contributed by atoms with Gasteiger partial charge in [0.15, 0.2) is 11.5 Å². The van der Waals surface area contributed by atoms with Crippen LogP contribution in [0.3, 0.4) is 0 Å². The van der Waals surface area contributed by atoms with Gasteiger partial charge >= 0.3 is 0 Å². The molecule has 0 fully saturated rings. The van der Waals surface area contributed by atoms with Crippen molar-refractivity contribution in [3.05, 3.63) is 52.0 Å². The second kappa shape index (κ2) is 8.92. The Morgan fingerprint density at radius 1 is 1.38 bits per heavy atom. The molecule has 0 aromatic heterocycles. The zero-order valence-corrected chi connectivity index (χ0v) is 15.8. The number of phenols is 1. The Morgan fingerprint density at radius 3 is 2.81 bits per heavy atom. The number of amides is 1. The van der Waals surface area contributed by atoms with Crippen LogP contribution in [-0.4, -0.2) is 24.7 Å². The lowest BCUT2D eigenvalue weighted by Crippen LogP contribution is -2.13. The summed E-state index contributed by atoms with van der Waals surface area (Å²) in [6.07, 6.45) is 1.30. The van der Waals surface area contributed by atoms with E-state index in [0.29, 0.717) is 22.5 Å². The molecule has 26 heavy (non-hydrogen) atoms. The van der Waals surface area contributed by atoms with Gasteiger partial charge in [0.2, 0.25) is 0 Å². The second-order valence-corrected chi connectivity index (χ2v) is 6.05. The van der Waals surface area contributed by atoms with Gasteiger partial charge in [-0.15, -0.1) is 0 Å². The lowest BCUT2D eigenvalue weighted by molar-refractivity contribution is -0.112. The number of phenolic OH excluding ortho intramolecular Hbond substituents is 1. The number of rotatable bonds is 6. The smallest absolute Gasteiger partial charge is 0.266 e. The molecule has 6 nitrogen and oxygen atoms in total. The van der Waals surface area contributed by atoms with Crippen LogP contribution in [-0.2, 0) is 4.79 Å². The first-order chi connectivity index (χ1) is 12.5. The van der Waals surface area contributed by atoms with Crippen molar-refractivity contribution in [1.29, 1.82) is 5.26 Å². The number of benzene rings is 2. The van der Waals surface area contributed by atoms with Crippen LogP contribution in [0.1, 0.15) is 12.5 Å². The van der Waals surface area contributed by atoms with Crippen LogP contribution in [0.2, 0.25) is 0 Å². The van der Waals surface area contributed by atoms with Crippen molar-refractivity contribution >= 4 is 33.6 Å². The predicted octanol–water partition coefficient (Wildman–Crippen LogP) is 4.11. The molecule has 0 atom stereocenters. The molecule has 0 aliphatic rings. The summed E-state index contributed by atoms with van der Waals surface area (Å²) in [5.74, 6) is 0.0870. The second-order valence-electron chi connectivity index (χ2n) is 5.13. The Labute approximate surface area is 159 Å². The van der Waals surface area contributed by atoms with Crippen molar-refractivity contribution in [3.8, 4) is 23.3 Å². The molecule has 7 heteroatoms. The van der Waals surface area contributed by atoms with Crippen LogP contribution in [0.5, 0.6) is 17.2 Å². The minimum absolute atomic E-state index is 0.158. The van der Waals surface area contributed by atoms with E-state index in [1.165, 1.54) is 13.2 Å². The van der Waals surface area contributed by atoms with Crippen molar-refractivity contribution in [1.82, 2.24) is 0 Å². The van der Waals surface area contributed by atoms with E-state index in [1.54, 1.807) is 36.4 Å².